The molecule has 18 heavy (non-hydrogen) atoms. The minimum Gasteiger partial charge on any atom is -0.392 e. The van der Waals surface area contributed by atoms with Crippen LogP contribution in [0.4, 0.5) is 0 Å². The SMILES string of the molecule is Cc1noc(C)c1CC(=O)N(CC(C)O)C(C)C. The fourth-order valence-electron chi connectivity index (χ4n) is 1.89. The van der Waals surface area contributed by atoms with Gasteiger partial charge in [-0.1, -0.05) is 5.16 Å². The zero-order chi connectivity index (χ0) is 13.9. The van der Waals surface area contributed by atoms with E-state index in [1.54, 1.807) is 18.7 Å². The number of aromatic nitrogens is 1. The molecule has 1 heterocycles. The van der Waals surface area contributed by atoms with Crippen LogP contribution in [0.5, 0.6) is 0 Å². The van der Waals surface area contributed by atoms with Crippen LogP contribution in [0, 0.1) is 13.8 Å². The lowest BCUT2D eigenvalue weighted by Gasteiger charge is -2.28. The normalized spacial score (nSPS) is 12.8. The smallest absolute Gasteiger partial charge is 0.227 e. The summed E-state index contributed by atoms with van der Waals surface area (Å²) in [5, 5.41) is 13.3. The Morgan fingerprint density at radius 3 is 2.39 bits per heavy atom. The van der Waals surface area contributed by atoms with Crippen LogP contribution >= 0.6 is 0 Å². The summed E-state index contributed by atoms with van der Waals surface area (Å²) in [5.41, 5.74) is 1.60. The fourth-order valence-corrected chi connectivity index (χ4v) is 1.89. The molecule has 0 radical (unpaired) electrons. The van der Waals surface area contributed by atoms with Crippen LogP contribution in [0.2, 0.25) is 0 Å². The number of hydrogen-bond donors (Lipinski definition) is 1. The Morgan fingerprint density at radius 1 is 1.39 bits per heavy atom. The van der Waals surface area contributed by atoms with Gasteiger partial charge >= 0.3 is 0 Å². The summed E-state index contributed by atoms with van der Waals surface area (Å²) in [6.07, 6.45) is -0.257. The Bertz CT molecular complexity index is 391. The molecule has 1 rings (SSSR count). The van der Waals surface area contributed by atoms with Crippen molar-refractivity contribution in [3.05, 3.63) is 17.0 Å². The van der Waals surface area contributed by atoms with Crippen molar-refractivity contribution >= 4 is 5.91 Å². The van der Waals surface area contributed by atoms with Crippen LogP contribution in [0.1, 0.15) is 37.8 Å². The molecule has 0 spiro atoms. The van der Waals surface area contributed by atoms with E-state index < -0.39 is 6.10 Å². The van der Waals surface area contributed by atoms with Crippen LogP contribution < -0.4 is 0 Å². The van der Waals surface area contributed by atoms with Crippen molar-refractivity contribution in [2.75, 3.05) is 6.54 Å². The van der Waals surface area contributed by atoms with E-state index in [9.17, 15) is 9.90 Å². The van der Waals surface area contributed by atoms with Gasteiger partial charge in [0.25, 0.3) is 0 Å². The van der Waals surface area contributed by atoms with Gasteiger partial charge in [-0.15, -0.1) is 0 Å². The van der Waals surface area contributed by atoms with Gasteiger partial charge in [-0.2, -0.15) is 0 Å². The van der Waals surface area contributed by atoms with Crippen molar-refractivity contribution in [2.24, 2.45) is 0 Å². The molecule has 0 saturated carbocycles. The third-order valence-electron chi connectivity index (χ3n) is 2.91. The number of hydrogen-bond acceptors (Lipinski definition) is 4. The molecular formula is C13H22N2O3. The van der Waals surface area contributed by atoms with E-state index in [1.807, 2.05) is 20.8 Å². The number of carbonyl (C=O) groups is 1. The van der Waals surface area contributed by atoms with Gasteiger partial charge < -0.3 is 14.5 Å². The number of carbonyl (C=O) groups excluding carboxylic acids is 1. The molecule has 0 saturated heterocycles. The minimum atomic E-state index is -0.527. The molecule has 0 bridgehead atoms. The molecular weight excluding hydrogens is 232 g/mol. The molecule has 1 aromatic heterocycles. The predicted octanol–water partition coefficient (Wildman–Crippen LogP) is 1.45. The first kappa shape index (κ1) is 14.7. The van der Waals surface area contributed by atoms with Gasteiger partial charge in [-0.25, -0.2) is 0 Å². The highest BCUT2D eigenvalue weighted by Gasteiger charge is 2.21. The van der Waals surface area contributed by atoms with Crippen LogP contribution in [0.25, 0.3) is 0 Å². The summed E-state index contributed by atoms with van der Waals surface area (Å²) in [5.74, 6) is 0.668. The Balaban J connectivity index is 2.79. The van der Waals surface area contributed by atoms with Crippen LogP contribution in [0.3, 0.4) is 0 Å². The van der Waals surface area contributed by atoms with Gasteiger partial charge in [0.1, 0.15) is 5.76 Å². The Morgan fingerprint density at radius 2 is 2.00 bits per heavy atom. The predicted molar refractivity (Wildman–Crippen MR) is 68.2 cm³/mol. The first-order valence-electron chi connectivity index (χ1n) is 6.22. The highest BCUT2D eigenvalue weighted by molar-refractivity contribution is 5.79. The molecule has 0 aromatic carbocycles. The number of aryl methyl sites for hydroxylation is 2. The molecule has 1 atom stereocenters. The van der Waals surface area contributed by atoms with Gasteiger partial charge in [-0.05, 0) is 34.6 Å². The average Bonchev–Trinajstić information content (AvgIpc) is 2.56. The van der Waals surface area contributed by atoms with Crippen LogP contribution in [-0.2, 0) is 11.2 Å². The van der Waals surface area contributed by atoms with Crippen molar-refractivity contribution in [2.45, 2.75) is 53.2 Å². The van der Waals surface area contributed by atoms with Crippen molar-refractivity contribution in [3.8, 4) is 0 Å². The molecule has 0 aliphatic rings. The topological polar surface area (TPSA) is 66.6 Å². The van der Waals surface area contributed by atoms with Crippen molar-refractivity contribution in [1.29, 1.82) is 0 Å². The van der Waals surface area contributed by atoms with E-state index in [-0.39, 0.29) is 18.4 Å². The maximum absolute atomic E-state index is 12.2. The lowest BCUT2D eigenvalue weighted by Crippen LogP contribution is -2.42. The van der Waals surface area contributed by atoms with Crippen LogP contribution in [-0.4, -0.2) is 39.8 Å². The molecule has 1 N–H and O–H groups in total. The molecule has 0 fully saturated rings. The van der Waals surface area contributed by atoms with Gasteiger partial charge in [0.05, 0.1) is 18.2 Å². The second kappa shape index (κ2) is 6.00. The number of aliphatic hydroxyl groups is 1. The fraction of sp³-hybridized carbons (Fsp3) is 0.692. The summed E-state index contributed by atoms with van der Waals surface area (Å²) < 4.78 is 5.05. The third kappa shape index (κ3) is 3.57. The van der Waals surface area contributed by atoms with Gasteiger partial charge in [0.2, 0.25) is 5.91 Å². The third-order valence-corrected chi connectivity index (χ3v) is 2.91. The summed E-state index contributed by atoms with van der Waals surface area (Å²) in [7, 11) is 0. The lowest BCUT2D eigenvalue weighted by atomic mass is 10.1. The molecule has 1 amide bonds. The van der Waals surface area contributed by atoms with E-state index in [2.05, 4.69) is 5.16 Å². The molecule has 5 heteroatoms. The number of rotatable bonds is 5. The van der Waals surface area contributed by atoms with E-state index >= 15 is 0 Å². The molecule has 102 valence electrons. The minimum absolute atomic E-state index is 0.0136. The maximum atomic E-state index is 12.2. The monoisotopic (exact) mass is 254 g/mol. The number of amides is 1. The van der Waals surface area contributed by atoms with E-state index in [0.717, 1.165) is 11.3 Å². The van der Waals surface area contributed by atoms with Crippen molar-refractivity contribution in [1.82, 2.24) is 10.1 Å². The standard InChI is InChI=1S/C13H22N2O3/c1-8(2)15(7-9(3)16)13(17)6-12-10(4)14-18-11(12)5/h8-9,16H,6-7H2,1-5H3. The zero-order valence-corrected chi connectivity index (χ0v) is 11.7. The Hall–Kier alpha value is -1.36. The Kier molecular flexibility index (Phi) is 4.90. The second-order valence-corrected chi connectivity index (χ2v) is 4.97. The number of nitrogens with zero attached hydrogens (tertiary/aromatic N) is 2. The first-order valence-corrected chi connectivity index (χ1v) is 6.22. The van der Waals surface area contributed by atoms with Gasteiger partial charge in [0.15, 0.2) is 0 Å². The van der Waals surface area contributed by atoms with Crippen LogP contribution in [0.15, 0.2) is 4.52 Å². The van der Waals surface area contributed by atoms with Crippen molar-refractivity contribution < 1.29 is 14.4 Å². The van der Waals surface area contributed by atoms with Gasteiger partial charge in [-0.3, -0.25) is 4.79 Å². The highest BCUT2D eigenvalue weighted by Crippen LogP contribution is 2.15. The quantitative estimate of drug-likeness (QED) is 0.863. The summed E-state index contributed by atoms with van der Waals surface area (Å²) >= 11 is 0. The maximum Gasteiger partial charge on any atom is 0.227 e. The van der Waals surface area contributed by atoms with E-state index in [4.69, 9.17) is 4.52 Å². The molecule has 0 aliphatic heterocycles. The second-order valence-electron chi connectivity index (χ2n) is 4.97. The van der Waals surface area contributed by atoms with E-state index in [0.29, 0.717) is 12.3 Å². The van der Waals surface area contributed by atoms with Gasteiger partial charge in [0, 0.05) is 18.2 Å². The first-order chi connectivity index (χ1) is 8.32. The highest BCUT2D eigenvalue weighted by atomic mass is 16.5. The molecule has 1 unspecified atom stereocenters. The zero-order valence-electron chi connectivity index (χ0n) is 11.7. The lowest BCUT2D eigenvalue weighted by molar-refractivity contribution is -0.133. The van der Waals surface area contributed by atoms with E-state index in [1.165, 1.54) is 0 Å². The molecule has 5 nitrogen and oxygen atoms in total. The molecule has 0 aliphatic carbocycles. The summed E-state index contributed by atoms with van der Waals surface area (Å²) in [6.45, 7) is 9.53. The average molecular weight is 254 g/mol. The largest absolute Gasteiger partial charge is 0.392 e. The summed E-state index contributed by atoms with van der Waals surface area (Å²) in [4.78, 5) is 13.9. The van der Waals surface area contributed by atoms with Crippen molar-refractivity contribution in [3.63, 3.8) is 0 Å². The molecule has 1 aromatic rings. The summed E-state index contributed by atoms with van der Waals surface area (Å²) in [6, 6.07) is 0.0626. The Labute approximate surface area is 108 Å². The number of aliphatic hydroxyl groups excluding tert-OH is 1.